The van der Waals surface area contributed by atoms with Gasteiger partial charge in [-0.25, -0.2) is 18.0 Å². The first kappa shape index (κ1) is 24.6. The Balaban J connectivity index is 1.51. The molecule has 0 aliphatic carbocycles. The minimum atomic E-state index is -3.14. The normalized spacial score (nSPS) is 29.9. The fourth-order valence-corrected chi connectivity index (χ4v) is 7.57. The van der Waals surface area contributed by atoms with Crippen molar-refractivity contribution in [1.82, 2.24) is 15.1 Å². The van der Waals surface area contributed by atoms with Crippen LogP contribution in [0.5, 0.6) is 0 Å². The predicted molar refractivity (Wildman–Crippen MR) is 122 cm³/mol. The number of ether oxygens (including phenoxy) is 1. The molecule has 0 aromatic rings. The molecule has 186 valence electrons. The Bertz CT molecular complexity index is 1120. The number of hydrogen-bond acceptors (Lipinski definition) is 8. The summed E-state index contributed by atoms with van der Waals surface area (Å²) in [5.41, 5.74) is -0.222. The highest BCUT2D eigenvalue weighted by atomic mass is 32.2. The number of aliphatic carboxylic acids is 1. The number of nitrogens with one attached hydrogen (secondary N) is 1. The van der Waals surface area contributed by atoms with Crippen LogP contribution in [-0.2, 0) is 29.0 Å². The molecular weight excluding hydrogens is 486 g/mol. The Morgan fingerprint density at radius 1 is 1.26 bits per heavy atom. The molecule has 1 unspecified atom stereocenters. The highest BCUT2D eigenvalue weighted by Gasteiger charge is 2.54. The van der Waals surface area contributed by atoms with E-state index in [4.69, 9.17) is 4.74 Å². The van der Waals surface area contributed by atoms with Gasteiger partial charge in [-0.3, -0.25) is 14.5 Å². The number of rotatable bonds is 4. The van der Waals surface area contributed by atoms with Gasteiger partial charge in [-0.2, -0.15) is 0 Å². The van der Waals surface area contributed by atoms with Gasteiger partial charge in [0.25, 0.3) is 5.91 Å². The number of sulfone groups is 1. The van der Waals surface area contributed by atoms with E-state index in [0.717, 1.165) is 4.90 Å². The molecule has 3 saturated heterocycles. The van der Waals surface area contributed by atoms with Crippen LogP contribution >= 0.6 is 11.8 Å². The van der Waals surface area contributed by atoms with Gasteiger partial charge in [-0.15, -0.1) is 11.8 Å². The van der Waals surface area contributed by atoms with Crippen molar-refractivity contribution >= 4 is 45.5 Å². The molecule has 4 heterocycles. The summed E-state index contributed by atoms with van der Waals surface area (Å²) in [5, 5.41) is 11.7. The van der Waals surface area contributed by atoms with Gasteiger partial charge < -0.3 is 20.1 Å². The Hall–Kier alpha value is -2.54. The van der Waals surface area contributed by atoms with E-state index < -0.39 is 44.8 Å². The van der Waals surface area contributed by atoms with E-state index in [1.165, 1.54) is 17.8 Å². The van der Waals surface area contributed by atoms with Crippen molar-refractivity contribution in [3.05, 3.63) is 22.9 Å². The third-order valence-electron chi connectivity index (χ3n) is 6.03. The number of carbonyl (C=O) groups is 4. The van der Waals surface area contributed by atoms with Crippen molar-refractivity contribution < 1.29 is 37.4 Å². The number of nitrogens with zero attached hydrogens (tertiary/aromatic N) is 2. The van der Waals surface area contributed by atoms with Crippen molar-refractivity contribution in [2.24, 2.45) is 0 Å². The number of hydrogen-bond donors (Lipinski definition) is 2. The summed E-state index contributed by atoms with van der Waals surface area (Å²) in [6.45, 7) is 5.46. The van der Waals surface area contributed by atoms with Gasteiger partial charge in [-0.05, 0) is 45.3 Å². The average Bonchev–Trinajstić information content (AvgIpc) is 3.25. The highest BCUT2D eigenvalue weighted by Crippen LogP contribution is 2.41. The SMILES string of the molecule is CC(C)(C)OC(=O)N[C@@H]1C(=O)N2C(C(=O)O)=C(/C=C3\CCN(C4CCS(=O)(=O)C4)C3=O)CS[C@H]12. The monoisotopic (exact) mass is 513 g/mol. The van der Waals surface area contributed by atoms with Crippen LogP contribution in [0.2, 0.25) is 0 Å². The molecule has 3 fully saturated rings. The van der Waals surface area contributed by atoms with Gasteiger partial charge in [0.05, 0.1) is 11.5 Å². The van der Waals surface area contributed by atoms with Crippen LogP contribution in [0.3, 0.4) is 0 Å². The molecule has 4 aliphatic rings. The van der Waals surface area contributed by atoms with E-state index in [9.17, 15) is 32.7 Å². The number of carbonyl (C=O) groups excluding carboxylic acids is 3. The minimum absolute atomic E-state index is 0.0546. The maximum Gasteiger partial charge on any atom is 0.408 e. The first-order valence-electron chi connectivity index (χ1n) is 10.9. The summed E-state index contributed by atoms with van der Waals surface area (Å²) < 4.78 is 28.8. The number of allylic oxidation sites excluding steroid dienone is 1. The maximum absolute atomic E-state index is 12.9. The fourth-order valence-electron chi connectivity index (χ4n) is 4.54. The number of carboxylic acids is 1. The Morgan fingerprint density at radius 3 is 2.56 bits per heavy atom. The van der Waals surface area contributed by atoms with Crippen LogP contribution in [0.25, 0.3) is 0 Å². The van der Waals surface area contributed by atoms with E-state index in [0.29, 0.717) is 30.5 Å². The molecule has 3 amide bonds. The molecule has 0 radical (unpaired) electrons. The van der Waals surface area contributed by atoms with Crippen LogP contribution in [0.15, 0.2) is 22.9 Å². The molecular formula is C21H27N3O8S2. The first-order valence-corrected chi connectivity index (χ1v) is 13.8. The molecule has 0 aromatic carbocycles. The van der Waals surface area contributed by atoms with Crippen molar-refractivity contribution in [2.75, 3.05) is 23.8 Å². The molecule has 0 saturated carbocycles. The number of fused-ring (bicyclic) bond motifs is 1. The lowest BCUT2D eigenvalue weighted by atomic mass is 10.0. The second-order valence-corrected chi connectivity index (χ2v) is 13.0. The van der Waals surface area contributed by atoms with Gasteiger partial charge in [0, 0.05) is 23.9 Å². The van der Waals surface area contributed by atoms with E-state index in [1.54, 1.807) is 25.7 Å². The molecule has 0 aromatic heterocycles. The Kier molecular flexibility index (Phi) is 6.21. The van der Waals surface area contributed by atoms with Crippen molar-refractivity contribution in [2.45, 2.75) is 56.7 Å². The number of alkyl carbamates (subject to hydrolysis) is 1. The molecule has 0 bridgehead atoms. The van der Waals surface area contributed by atoms with E-state index >= 15 is 0 Å². The maximum atomic E-state index is 12.9. The van der Waals surface area contributed by atoms with E-state index in [2.05, 4.69) is 5.32 Å². The predicted octanol–water partition coefficient (Wildman–Crippen LogP) is 0.479. The van der Waals surface area contributed by atoms with E-state index in [-0.39, 0.29) is 34.9 Å². The third-order valence-corrected chi connectivity index (χ3v) is 9.08. The van der Waals surface area contributed by atoms with Gasteiger partial charge in [-0.1, -0.05) is 0 Å². The largest absolute Gasteiger partial charge is 0.477 e. The number of likely N-dealkylation sites (tertiary alicyclic amines) is 1. The van der Waals surface area contributed by atoms with Crippen LogP contribution in [0, 0.1) is 0 Å². The lowest BCUT2D eigenvalue weighted by molar-refractivity contribution is -0.149. The lowest BCUT2D eigenvalue weighted by Gasteiger charge is -2.49. The molecule has 4 rings (SSSR count). The standard InChI is InChI=1S/C21H27N3O8S2/c1-21(2,3)32-20(29)22-14-17(26)24-15(19(27)28)12(9-33-18(14)24)8-11-4-6-23(16(11)25)13-5-7-34(30,31)10-13/h8,13-14,18H,4-7,9-10H2,1-3H3,(H,22,29)(H,27,28)/b11-8+/t13?,14-,18-/m1/s1. The molecule has 11 nitrogen and oxygen atoms in total. The number of amides is 3. The van der Waals surface area contributed by atoms with Gasteiger partial charge >= 0.3 is 12.1 Å². The van der Waals surface area contributed by atoms with E-state index in [1.807, 2.05) is 0 Å². The summed E-state index contributed by atoms with van der Waals surface area (Å²) >= 11 is 1.29. The topological polar surface area (TPSA) is 150 Å². The van der Waals surface area contributed by atoms with Crippen molar-refractivity contribution in [3.8, 4) is 0 Å². The third kappa shape index (κ3) is 4.67. The Morgan fingerprint density at radius 2 is 1.97 bits per heavy atom. The molecule has 34 heavy (non-hydrogen) atoms. The van der Waals surface area contributed by atoms with Gasteiger partial charge in [0.15, 0.2) is 9.84 Å². The summed E-state index contributed by atoms with van der Waals surface area (Å²) in [5.74, 6) is -1.93. The summed E-state index contributed by atoms with van der Waals surface area (Å²) in [4.78, 5) is 52.5. The smallest absolute Gasteiger partial charge is 0.408 e. The molecule has 3 atom stereocenters. The highest BCUT2D eigenvalue weighted by molar-refractivity contribution is 8.00. The van der Waals surface area contributed by atoms with Crippen molar-refractivity contribution in [1.29, 1.82) is 0 Å². The zero-order valence-electron chi connectivity index (χ0n) is 19.1. The number of β-lactam (4-membered cyclic amide) rings is 1. The minimum Gasteiger partial charge on any atom is -0.477 e. The second kappa shape index (κ2) is 8.59. The number of thioether (sulfide) groups is 1. The van der Waals surface area contributed by atoms with Gasteiger partial charge in [0.1, 0.15) is 22.7 Å². The molecule has 13 heteroatoms. The summed E-state index contributed by atoms with van der Waals surface area (Å²) in [6, 6.07) is -1.27. The first-order chi connectivity index (χ1) is 15.8. The lowest BCUT2D eigenvalue weighted by Crippen LogP contribution is -2.70. The van der Waals surface area contributed by atoms with Crippen LogP contribution in [-0.4, -0.2) is 94.1 Å². The zero-order valence-corrected chi connectivity index (χ0v) is 20.7. The van der Waals surface area contributed by atoms with Crippen LogP contribution < -0.4 is 5.32 Å². The summed E-state index contributed by atoms with van der Waals surface area (Å²) in [6.07, 6.45) is 1.53. The molecule has 2 N–H and O–H groups in total. The number of carboxylic acid groups (broad SMARTS) is 1. The summed E-state index contributed by atoms with van der Waals surface area (Å²) in [7, 11) is -3.14. The average molecular weight is 514 g/mol. The quantitative estimate of drug-likeness (QED) is 0.404. The fraction of sp³-hybridized carbons (Fsp3) is 0.619. The van der Waals surface area contributed by atoms with Gasteiger partial charge in [0.2, 0.25) is 5.91 Å². The Labute approximate surface area is 201 Å². The zero-order chi connectivity index (χ0) is 25.0. The molecule has 4 aliphatic heterocycles. The second-order valence-electron chi connectivity index (χ2n) is 9.69. The van der Waals surface area contributed by atoms with Crippen molar-refractivity contribution in [3.63, 3.8) is 0 Å². The van der Waals surface area contributed by atoms with Crippen LogP contribution in [0.1, 0.15) is 33.6 Å². The van der Waals surface area contributed by atoms with Crippen LogP contribution in [0.4, 0.5) is 4.79 Å². The molecule has 0 spiro atoms.